The first-order valence-electron chi connectivity index (χ1n) is 9.16. The maximum atomic E-state index is 5.79. The number of benzene rings is 1. The van der Waals surface area contributed by atoms with Crippen LogP contribution in [-0.2, 0) is 6.54 Å². The molecule has 1 aliphatic carbocycles. The van der Waals surface area contributed by atoms with Crippen molar-refractivity contribution in [1.29, 1.82) is 0 Å². The topological polar surface area (TPSA) is 54.6 Å². The number of piperazine rings is 1. The summed E-state index contributed by atoms with van der Waals surface area (Å²) in [5.41, 5.74) is 1.25. The van der Waals surface area contributed by atoms with Gasteiger partial charge in [-0.05, 0) is 25.8 Å². The molecule has 4 rings (SSSR count). The van der Waals surface area contributed by atoms with Crippen molar-refractivity contribution in [3.05, 3.63) is 41.6 Å². The highest BCUT2D eigenvalue weighted by atomic mass is 16.5. The average molecular weight is 342 g/mol. The SMILES string of the molecule is COc1ccccc1[C@@H](C)N1CCN(Cc2nnc(C3CC3)o2)CC1. The van der Waals surface area contributed by atoms with Crippen molar-refractivity contribution in [3.63, 3.8) is 0 Å². The standard InChI is InChI=1S/C19H26N4O2/c1-14(16-5-3-4-6-17(16)24-2)23-11-9-22(10-12-23)13-18-20-21-19(25-18)15-7-8-15/h3-6,14-15H,7-13H2,1-2H3/t14-/m1/s1. The number of para-hydroxylation sites is 1. The minimum absolute atomic E-state index is 0.350. The number of ether oxygens (including phenoxy) is 1. The number of hydrogen-bond donors (Lipinski definition) is 0. The number of rotatable bonds is 6. The van der Waals surface area contributed by atoms with E-state index in [9.17, 15) is 0 Å². The lowest BCUT2D eigenvalue weighted by atomic mass is 10.0. The average Bonchev–Trinajstić information content (AvgIpc) is 3.41. The van der Waals surface area contributed by atoms with Crippen LogP contribution in [-0.4, -0.2) is 53.3 Å². The molecule has 1 aromatic heterocycles. The summed E-state index contributed by atoms with van der Waals surface area (Å²) in [6.07, 6.45) is 2.39. The zero-order valence-electron chi connectivity index (χ0n) is 15.0. The van der Waals surface area contributed by atoms with Gasteiger partial charge in [-0.3, -0.25) is 9.80 Å². The quantitative estimate of drug-likeness (QED) is 0.805. The van der Waals surface area contributed by atoms with Crippen molar-refractivity contribution in [1.82, 2.24) is 20.0 Å². The first-order valence-corrected chi connectivity index (χ1v) is 9.16. The molecule has 6 nitrogen and oxygen atoms in total. The molecule has 1 aromatic carbocycles. The highest BCUT2D eigenvalue weighted by Gasteiger charge is 2.30. The van der Waals surface area contributed by atoms with Crippen LogP contribution in [0.15, 0.2) is 28.7 Å². The summed E-state index contributed by atoms with van der Waals surface area (Å²) in [7, 11) is 1.74. The van der Waals surface area contributed by atoms with Gasteiger partial charge in [-0.1, -0.05) is 18.2 Å². The molecule has 0 unspecified atom stereocenters. The highest BCUT2D eigenvalue weighted by Crippen LogP contribution is 2.39. The molecule has 2 fully saturated rings. The lowest BCUT2D eigenvalue weighted by Gasteiger charge is -2.38. The molecule has 2 aliphatic rings. The van der Waals surface area contributed by atoms with Gasteiger partial charge in [-0.25, -0.2) is 0 Å². The van der Waals surface area contributed by atoms with E-state index in [1.165, 1.54) is 18.4 Å². The van der Waals surface area contributed by atoms with E-state index in [1.807, 2.05) is 12.1 Å². The summed E-state index contributed by atoms with van der Waals surface area (Å²) >= 11 is 0. The fraction of sp³-hybridized carbons (Fsp3) is 0.579. The Morgan fingerprint density at radius 2 is 1.92 bits per heavy atom. The molecule has 2 aromatic rings. The monoisotopic (exact) mass is 342 g/mol. The molecule has 6 heteroatoms. The van der Waals surface area contributed by atoms with Crippen LogP contribution < -0.4 is 4.74 Å². The summed E-state index contributed by atoms with van der Waals surface area (Å²) in [5.74, 6) is 3.09. The molecular formula is C19H26N4O2. The summed E-state index contributed by atoms with van der Waals surface area (Å²) in [6.45, 7) is 7.11. The van der Waals surface area contributed by atoms with Crippen LogP contribution in [0, 0.1) is 0 Å². The Hall–Kier alpha value is -1.92. The first kappa shape index (κ1) is 16.5. The Bertz CT molecular complexity index is 705. The van der Waals surface area contributed by atoms with Crippen molar-refractivity contribution < 1.29 is 9.15 Å². The minimum atomic E-state index is 0.350. The van der Waals surface area contributed by atoms with Crippen molar-refractivity contribution in [3.8, 4) is 5.75 Å². The number of aromatic nitrogens is 2. The van der Waals surface area contributed by atoms with E-state index in [-0.39, 0.29) is 0 Å². The van der Waals surface area contributed by atoms with Crippen LogP contribution in [0.3, 0.4) is 0 Å². The van der Waals surface area contributed by atoms with Gasteiger partial charge in [0.2, 0.25) is 11.8 Å². The third-order valence-corrected chi connectivity index (χ3v) is 5.31. The maximum absolute atomic E-state index is 5.79. The lowest BCUT2D eigenvalue weighted by Crippen LogP contribution is -2.46. The number of hydrogen-bond acceptors (Lipinski definition) is 6. The fourth-order valence-electron chi connectivity index (χ4n) is 3.53. The Balaban J connectivity index is 1.32. The van der Waals surface area contributed by atoms with Crippen molar-refractivity contribution in [2.24, 2.45) is 0 Å². The zero-order chi connectivity index (χ0) is 17.2. The molecule has 1 atom stereocenters. The van der Waals surface area contributed by atoms with Crippen LogP contribution in [0.1, 0.15) is 49.1 Å². The van der Waals surface area contributed by atoms with Crippen molar-refractivity contribution in [2.45, 2.75) is 38.3 Å². The lowest BCUT2D eigenvalue weighted by molar-refractivity contribution is 0.0909. The van der Waals surface area contributed by atoms with Gasteiger partial charge >= 0.3 is 0 Å². The molecule has 25 heavy (non-hydrogen) atoms. The van der Waals surface area contributed by atoms with Crippen LogP contribution in [0.2, 0.25) is 0 Å². The van der Waals surface area contributed by atoms with E-state index in [1.54, 1.807) is 7.11 Å². The second-order valence-corrected chi connectivity index (χ2v) is 7.04. The van der Waals surface area contributed by atoms with Crippen LogP contribution in [0.4, 0.5) is 0 Å². The normalized spacial score (nSPS) is 20.6. The van der Waals surface area contributed by atoms with Crippen LogP contribution in [0.25, 0.3) is 0 Å². The number of nitrogens with zero attached hydrogens (tertiary/aromatic N) is 4. The molecule has 0 bridgehead atoms. The third kappa shape index (κ3) is 3.70. The summed E-state index contributed by atoms with van der Waals surface area (Å²) in [4.78, 5) is 4.91. The molecule has 0 amide bonds. The van der Waals surface area contributed by atoms with Gasteiger partial charge in [-0.15, -0.1) is 10.2 Å². The fourth-order valence-corrected chi connectivity index (χ4v) is 3.53. The molecule has 1 aliphatic heterocycles. The Kier molecular flexibility index (Phi) is 4.72. The van der Waals surface area contributed by atoms with Gasteiger partial charge in [0.1, 0.15) is 5.75 Å². The first-order chi connectivity index (χ1) is 12.2. The van der Waals surface area contributed by atoms with E-state index in [4.69, 9.17) is 9.15 Å². The Labute approximate surface area is 148 Å². The predicted molar refractivity (Wildman–Crippen MR) is 94.5 cm³/mol. The molecular weight excluding hydrogens is 316 g/mol. The Morgan fingerprint density at radius 3 is 2.64 bits per heavy atom. The smallest absolute Gasteiger partial charge is 0.230 e. The second-order valence-electron chi connectivity index (χ2n) is 7.04. The molecule has 1 saturated carbocycles. The molecule has 0 spiro atoms. The Morgan fingerprint density at radius 1 is 1.16 bits per heavy atom. The third-order valence-electron chi connectivity index (χ3n) is 5.31. The summed E-state index contributed by atoms with van der Waals surface area (Å²) in [5, 5.41) is 8.39. The minimum Gasteiger partial charge on any atom is -0.496 e. The van der Waals surface area contributed by atoms with Crippen molar-refractivity contribution in [2.75, 3.05) is 33.3 Å². The van der Waals surface area contributed by atoms with E-state index in [2.05, 4.69) is 39.1 Å². The largest absolute Gasteiger partial charge is 0.496 e. The van der Waals surface area contributed by atoms with Crippen molar-refractivity contribution >= 4 is 0 Å². The van der Waals surface area contributed by atoms with E-state index >= 15 is 0 Å². The van der Waals surface area contributed by atoms with E-state index in [0.717, 1.165) is 50.3 Å². The summed E-state index contributed by atoms with van der Waals surface area (Å²) < 4.78 is 11.3. The highest BCUT2D eigenvalue weighted by molar-refractivity contribution is 5.35. The van der Waals surface area contributed by atoms with Gasteiger partial charge in [0.15, 0.2) is 0 Å². The van der Waals surface area contributed by atoms with Crippen LogP contribution in [0.5, 0.6) is 5.75 Å². The van der Waals surface area contributed by atoms with Crippen LogP contribution >= 0.6 is 0 Å². The van der Waals surface area contributed by atoms with Gasteiger partial charge in [-0.2, -0.15) is 0 Å². The number of methoxy groups -OCH3 is 1. The maximum Gasteiger partial charge on any atom is 0.230 e. The second kappa shape index (κ2) is 7.14. The molecule has 0 radical (unpaired) electrons. The predicted octanol–water partition coefficient (Wildman–Crippen LogP) is 2.83. The van der Waals surface area contributed by atoms with Gasteiger partial charge in [0.25, 0.3) is 0 Å². The van der Waals surface area contributed by atoms with E-state index in [0.29, 0.717) is 12.0 Å². The molecule has 1 saturated heterocycles. The molecule has 134 valence electrons. The van der Waals surface area contributed by atoms with Gasteiger partial charge in [0, 0.05) is 43.7 Å². The summed E-state index contributed by atoms with van der Waals surface area (Å²) in [6, 6.07) is 8.65. The molecule has 2 heterocycles. The van der Waals surface area contributed by atoms with E-state index < -0.39 is 0 Å². The van der Waals surface area contributed by atoms with Gasteiger partial charge < -0.3 is 9.15 Å². The van der Waals surface area contributed by atoms with Gasteiger partial charge in [0.05, 0.1) is 13.7 Å². The molecule has 0 N–H and O–H groups in total. The zero-order valence-corrected chi connectivity index (χ0v) is 15.0.